The second-order valence-corrected chi connectivity index (χ2v) is 7.86. The molecule has 0 aromatic rings. The molecule has 9 heteroatoms. The van der Waals surface area contributed by atoms with Gasteiger partial charge in [-0.3, -0.25) is 9.59 Å². The number of likely N-dealkylation sites (tertiary alicyclic amines) is 1. The zero-order chi connectivity index (χ0) is 18.9. The Balaban J connectivity index is 2.61. The summed E-state index contributed by atoms with van der Waals surface area (Å²) in [6, 6.07) is 0. The van der Waals surface area contributed by atoms with Crippen LogP contribution >= 0.6 is 27.7 Å². The molecule has 0 unspecified atom stereocenters. The summed E-state index contributed by atoms with van der Waals surface area (Å²) < 4.78 is 0.729. The van der Waals surface area contributed by atoms with Crippen LogP contribution in [0.2, 0.25) is 0 Å². The molecule has 0 aromatic heterocycles. The Bertz CT molecular complexity index is 531. The highest BCUT2D eigenvalue weighted by Crippen LogP contribution is 2.24. The Morgan fingerprint density at radius 3 is 2.40 bits per heavy atom. The maximum atomic E-state index is 12.2. The number of alkyl halides is 1. The molecule has 5 N–H and O–H groups in total. The van der Waals surface area contributed by atoms with Gasteiger partial charge in [-0.05, 0) is 26.8 Å². The minimum Gasteiger partial charge on any atom is -0.383 e. The van der Waals surface area contributed by atoms with E-state index in [0.29, 0.717) is 38.2 Å². The van der Waals surface area contributed by atoms with Gasteiger partial charge in [0.05, 0.1) is 11.2 Å². The first-order valence-corrected chi connectivity index (χ1v) is 10.3. The number of hydrogen-bond donors (Lipinski definition) is 4. The number of rotatable bonds is 9. The van der Waals surface area contributed by atoms with Gasteiger partial charge >= 0.3 is 0 Å². The Labute approximate surface area is 162 Å². The first-order valence-electron chi connectivity index (χ1n) is 8.16. The molecule has 1 saturated heterocycles. The van der Waals surface area contributed by atoms with Crippen molar-refractivity contribution in [2.45, 2.75) is 25.3 Å². The van der Waals surface area contributed by atoms with Crippen molar-refractivity contribution in [2.24, 2.45) is 5.73 Å². The summed E-state index contributed by atoms with van der Waals surface area (Å²) in [5.41, 5.74) is 6.47. The van der Waals surface area contributed by atoms with Gasteiger partial charge in [0, 0.05) is 31.2 Å². The molecule has 25 heavy (non-hydrogen) atoms. The Morgan fingerprint density at radius 1 is 1.32 bits per heavy atom. The number of halogens is 1. The maximum Gasteiger partial charge on any atom is 0.268 e. The van der Waals surface area contributed by atoms with E-state index in [-0.39, 0.29) is 11.8 Å². The molecule has 0 aliphatic carbocycles. The van der Waals surface area contributed by atoms with Crippen LogP contribution < -0.4 is 21.7 Å². The fourth-order valence-corrected chi connectivity index (χ4v) is 3.65. The molecule has 0 aromatic carbocycles. The normalized spacial score (nSPS) is 18.0. The average molecular weight is 434 g/mol. The third kappa shape index (κ3) is 5.93. The number of primary amides is 1. The summed E-state index contributed by atoms with van der Waals surface area (Å²) in [4.78, 5) is 26.1. The van der Waals surface area contributed by atoms with E-state index in [1.54, 1.807) is 19.5 Å². The predicted octanol–water partition coefficient (Wildman–Crippen LogP) is 0.692. The number of nitrogens with two attached hydrogens (primary N) is 1. The lowest BCUT2D eigenvalue weighted by Gasteiger charge is -2.41. The molecule has 0 spiro atoms. The lowest BCUT2D eigenvalue weighted by molar-refractivity contribution is -0.126. The number of carbonyl (C=O) groups excluding carboxylic acids is 2. The van der Waals surface area contributed by atoms with Crippen molar-refractivity contribution >= 4 is 39.5 Å². The number of allylic oxidation sites excluding steroid dienone is 1. The number of likely N-dealkylation sites (N-methyl/N-ethyl adjacent to an activating group) is 2. The van der Waals surface area contributed by atoms with Crippen molar-refractivity contribution < 1.29 is 9.59 Å². The number of thioether (sulfide) groups is 1. The molecule has 2 amide bonds. The van der Waals surface area contributed by atoms with E-state index in [1.165, 1.54) is 11.8 Å². The van der Waals surface area contributed by atoms with E-state index in [4.69, 9.17) is 5.73 Å². The van der Waals surface area contributed by atoms with E-state index in [0.717, 1.165) is 10.4 Å². The van der Waals surface area contributed by atoms with E-state index in [2.05, 4.69) is 36.8 Å². The summed E-state index contributed by atoms with van der Waals surface area (Å²) in [6.07, 6.45) is 3.29. The molecule has 1 aliphatic heterocycles. The molecule has 1 aliphatic rings. The minimum atomic E-state index is -0.631. The quantitative estimate of drug-likeness (QED) is 0.315. The van der Waals surface area contributed by atoms with Crippen LogP contribution in [0.3, 0.4) is 0 Å². The first-order chi connectivity index (χ1) is 11.9. The van der Waals surface area contributed by atoms with E-state index in [9.17, 15) is 9.59 Å². The van der Waals surface area contributed by atoms with Crippen LogP contribution in [0.1, 0.15) is 19.8 Å². The van der Waals surface area contributed by atoms with E-state index in [1.807, 2.05) is 13.0 Å². The van der Waals surface area contributed by atoms with Crippen LogP contribution in [0.15, 0.2) is 22.9 Å². The van der Waals surface area contributed by atoms with Gasteiger partial charge in [-0.1, -0.05) is 22.0 Å². The van der Waals surface area contributed by atoms with Gasteiger partial charge in [0.2, 0.25) is 5.91 Å². The monoisotopic (exact) mass is 433 g/mol. The summed E-state index contributed by atoms with van der Waals surface area (Å²) in [6.45, 7) is 3.82. The SMILES string of the molecule is C/C=C(\CNC(=O)/C(=C/SCBr)NC)N1CCC(NC)(C(N)=O)CC1. The summed E-state index contributed by atoms with van der Waals surface area (Å²) in [5.74, 6) is -0.452. The standard InChI is InChI=1S/C16H28BrN5O2S/c1-4-12(9-21-14(23)13(19-2)10-25-11-17)22-7-5-16(20-3,6-8-22)15(18)24/h4,10,19-20H,5-9,11H2,1-3H3,(H2,18,24)(H,21,23)/b12-4+,13-10-. The summed E-state index contributed by atoms with van der Waals surface area (Å²) in [7, 11) is 3.50. The molecule has 1 rings (SSSR count). The number of piperidine rings is 1. The van der Waals surface area contributed by atoms with Crippen molar-refractivity contribution in [3.8, 4) is 0 Å². The van der Waals surface area contributed by atoms with Gasteiger partial charge in [-0.15, -0.1) is 11.8 Å². The number of nitrogens with one attached hydrogen (secondary N) is 3. The van der Waals surface area contributed by atoms with E-state index >= 15 is 0 Å². The number of nitrogens with zero attached hydrogens (tertiary/aromatic N) is 1. The van der Waals surface area contributed by atoms with Gasteiger partial charge in [0.25, 0.3) is 5.91 Å². The van der Waals surface area contributed by atoms with Gasteiger partial charge in [-0.2, -0.15) is 0 Å². The van der Waals surface area contributed by atoms with Gasteiger partial charge in [0.15, 0.2) is 0 Å². The lowest BCUT2D eigenvalue weighted by atomic mass is 9.86. The van der Waals surface area contributed by atoms with Crippen molar-refractivity contribution in [2.75, 3.05) is 38.4 Å². The van der Waals surface area contributed by atoms with Gasteiger partial charge in [-0.25, -0.2) is 0 Å². The molecule has 7 nitrogen and oxygen atoms in total. The summed E-state index contributed by atoms with van der Waals surface area (Å²) in [5, 5.41) is 10.7. The largest absolute Gasteiger partial charge is 0.383 e. The second kappa shape index (κ2) is 10.7. The first kappa shape index (κ1) is 21.9. The van der Waals surface area contributed by atoms with Crippen LogP contribution in [0.4, 0.5) is 0 Å². The fraction of sp³-hybridized carbons (Fsp3) is 0.625. The zero-order valence-corrected chi connectivity index (χ0v) is 17.4. The van der Waals surface area contributed by atoms with Crippen LogP contribution in [0.25, 0.3) is 0 Å². The molecule has 0 bridgehead atoms. The number of amides is 2. The van der Waals surface area contributed by atoms with Gasteiger partial charge < -0.3 is 26.6 Å². The van der Waals surface area contributed by atoms with Crippen molar-refractivity contribution in [3.63, 3.8) is 0 Å². The highest BCUT2D eigenvalue weighted by Gasteiger charge is 2.38. The summed E-state index contributed by atoms with van der Waals surface area (Å²) >= 11 is 4.81. The third-order valence-electron chi connectivity index (χ3n) is 4.51. The topological polar surface area (TPSA) is 99.5 Å². The molecule has 1 heterocycles. The Kier molecular flexibility index (Phi) is 9.37. The molecular weight excluding hydrogens is 406 g/mol. The molecule has 0 radical (unpaired) electrons. The lowest BCUT2D eigenvalue weighted by Crippen LogP contribution is -2.59. The predicted molar refractivity (Wildman–Crippen MR) is 107 cm³/mol. The molecule has 1 fully saturated rings. The average Bonchev–Trinajstić information content (AvgIpc) is 2.63. The van der Waals surface area contributed by atoms with Crippen LogP contribution in [0, 0.1) is 0 Å². The smallest absolute Gasteiger partial charge is 0.268 e. The Hall–Kier alpha value is -1.19. The molecule has 0 saturated carbocycles. The highest BCUT2D eigenvalue weighted by atomic mass is 79.9. The Morgan fingerprint density at radius 2 is 1.96 bits per heavy atom. The van der Waals surface area contributed by atoms with Crippen LogP contribution in [0.5, 0.6) is 0 Å². The third-order valence-corrected chi connectivity index (χ3v) is 5.84. The fourth-order valence-electron chi connectivity index (χ4n) is 2.80. The highest BCUT2D eigenvalue weighted by molar-refractivity contribution is 9.11. The van der Waals surface area contributed by atoms with Crippen molar-refractivity contribution in [3.05, 3.63) is 22.9 Å². The van der Waals surface area contributed by atoms with Crippen molar-refractivity contribution in [1.29, 1.82) is 0 Å². The van der Waals surface area contributed by atoms with Crippen LogP contribution in [-0.4, -0.2) is 60.6 Å². The second-order valence-electron chi connectivity index (χ2n) is 5.70. The minimum absolute atomic E-state index is 0.144. The molecular formula is C16H28BrN5O2S. The maximum absolute atomic E-state index is 12.2. The molecule has 0 atom stereocenters. The zero-order valence-electron chi connectivity index (χ0n) is 15.0. The van der Waals surface area contributed by atoms with Crippen molar-refractivity contribution in [1.82, 2.24) is 20.9 Å². The van der Waals surface area contributed by atoms with E-state index < -0.39 is 5.54 Å². The number of hydrogen-bond acceptors (Lipinski definition) is 6. The van der Waals surface area contributed by atoms with Gasteiger partial charge in [0.1, 0.15) is 11.2 Å². The van der Waals surface area contributed by atoms with Crippen LogP contribution in [-0.2, 0) is 9.59 Å². The number of carbonyl (C=O) groups is 2. The molecule has 142 valence electrons.